The van der Waals surface area contributed by atoms with Crippen molar-refractivity contribution < 1.29 is 41.9 Å². The molecule has 146 valence electrons. The highest BCUT2D eigenvalue weighted by Gasteiger charge is 2.52. The number of aliphatic carboxylic acids is 1. The van der Waals surface area contributed by atoms with E-state index in [0.29, 0.717) is 0 Å². The van der Waals surface area contributed by atoms with E-state index in [1.807, 2.05) is 0 Å². The maximum Gasteiger partial charge on any atom is 0.339 e. The zero-order valence-electron chi connectivity index (χ0n) is 14.7. The summed E-state index contributed by atoms with van der Waals surface area (Å²) in [6.07, 6.45) is 0.110. The van der Waals surface area contributed by atoms with Crippen LogP contribution < -0.4 is 5.32 Å². The van der Waals surface area contributed by atoms with Gasteiger partial charge in [0.15, 0.2) is 0 Å². The van der Waals surface area contributed by atoms with Crippen LogP contribution in [0.5, 0.6) is 0 Å². The minimum atomic E-state index is -3.99. The summed E-state index contributed by atoms with van der Waals surface area (Å²) >= 11 is 0. The fraction of sp³-hybridized carbons (Fsp3) is 0.786. The Morgan fingerprint density at radius 3 is 2.12 bits per heavy atom. The highest BCUT2D eigenvalue weighted by Crippen LogP contribution is 2.33. The first-order valence-electron chi connectivity index (χ1n) is 7.44. The van der Waals surface area contributed by atoms with Crippen molar-refractivity contribution in [3.63, 3.8) is 0 Å². The van der Waals surface area contributed by atoms with Crippen molar-refractivity contribution in [2.24, 2.45) is 5.41 Å². The van der Waals surface area contributed by atoms with E-state index in [2.05, 4.69) is 10.1 Å². The van der Waals surface area contributed by atoms with Gasteiger partial charge in [-0.1, -0.05) is 13.8 Å². The SMILES string of the molecule is CC(=O)NCCCS(=O)(=O)OCC(C)(C)[C@@](O)(COC(C)=O)C(=O)O. The molecule has 0 rings (SSSR count). The first kappa shape index (κ1) is 23.3. The molecule has 0 saturated heterocycles. The molecular formula is C14H25NO9S. The minimum Gasteiger partial charge on any atom is -0.479 e. The fourth-order valence-corrected chi connectivity index (χ4v) is 2.77. The lowest BCUT2D eigenvalue weighted by Gasteiger charge is -2.37. The molecule has 0 unspecified atom stereocenters. The zero-order chi connectivity index (χ0) is 19.9. The molecule has 10 nitrogen and oxygen atoms in total. The molecule has 0 spiro atoms. The average Bonchev–Trinajstić information content (AvgIpc) is 2.47. The van der Waals surface area contributed by atoms with Gasteiger partial charge in [-0.15, -0.1) is 0 Å². The van der Waals surface area contributed by atoms with Crippen LogP contribution in [0.4, 0.5) is 0 Å². The number of hydrogen-bond donors (Lipinski definition) is 3. The van der Waals surface area contributed by atoms with Gasteiger partial charge in [0.25, 0.3) is 10.1 Å². The zero-order valence-corrected chi connectivity index (χ0v) is 15.5. The molecule has 0 aliphatic rings. The largest absolute Gasteiger partial charge is 0.479 e. The van der Waals surface area contributed by atoms with E-state index in [-0.39, 0.29) is 18.9 Å². The van der Waals surface area contributed by atoms with Crippen molar-refractivity contribution in [2.75, 3.05) is 25.5 Å². The van der Waals surface area contributed by atoms with Gasteiger partial charge >= 0.3 is 11.9 Å². The van der Waals surface area contributed by atoms with Crippen molar-refractivity contribution in [3.05, 3.63) is 0 Å². The molecule has 0 aromatic rings. The number of carboxylic acid groups (broad SMARTS) is 1. The standard InChI is InChI=1S/C14H25NO9S/c1-10(16)15-6-5-7-25(21,22)24-8-13(3,4)14(20,12(18)19)9-23-11(2)17/h20H,5-9H2,1-4H3,(H,15,16)(H,18,19)/t14-/m1/s1. The molecule has 11 heteroatoms. The molecule has 0 heterocycles. The lowest BCUT2D eigenvalue weighted by molar-refractivity contribution is -0.189. The van der Waals surface area contributed by atoms with Gasteiger partial charge in [-0.25, -0.2) is 4.79 Å². The van der Waals surface area contributed by atoms with Crippen LogP contribution in [-0.4, -0.2) is 67.6 Å². The first-order valence-corrected chi connectivity index (χ1v) is 9.02. The van der Waals surface area contributed by atoms with E-state index in [9.17, 15) is 33.0 Å². The van der Waals surface area contributed by atoms with Crippen LogP contribution >= 0.6 is 0 Å². The molecule has 0 radical (unpaired) electrons. The van der Waals surface area contributed by atoms with Crippen molar-refractivity contribution in [3.8, 4) is 0 Å². The Labute approximate surface area is 146 Å². The van der Waals surface area contributed by atoms with Crippen molar-refractivity contribution in [1.82, 2.24) is 5.32 Å². The second kappa shape index (κ2) is 9.11. The van der Waals surface area contributed by atoms with Gasteiger partial charge < -0.3 is 20.3 Å². The van der Waals surface area contributed by atoms with Crippen LogP contribution in [0.15, 0.2) is 0 Å². The third-order valence-corrected chi connectivity index (χ3v) is 4.77. The van der Waals surface area contributed by atoms with E-state index in [0.717, 1.165) is 6.92 Å². The highest BCUT2D eigenvalue weighted by atomic mass is 32.2. The third kappa shape index (κ3) is 7.80. The molecule has 0 bridgehead atoms. The fourth-order valence-electron chi connectivity index (χ4n) is 1.68. The molecule has 0 fully saturated rings. The monoisotopic (exact) mass is 383 g/mol. The maximum atomic E-state index is 11.8. The topological polar surface area (TPSA) is 156 Å². The predicted octanol–water partition coefficient (Wildman–Crippen LogP) is -0.736. The van der Waals surface area contributed by atoms with Gasteiger partial charge in [0.2, 0.25) is 11.5 Å². The van der Waals surface area contributed by atoms with E-state index >= 15 is 0 Å². The van der Waals surface area contributed by atoms with Gasteiger partial charge in [-0.3, -0.25) is 13.8 Å². The Kier molecular flexibility index (Phi) is 8.48. The molecular weight excluding hydrogens is 358 g/mol. The number of rotatable bonds is 11. The highest BCUT2D eigenvalue weighted by molar-refractivity contribution is 7.86. The number of ether oxygens (including phenoxy) is 1. The van der Waals surface area contributed by atoms with Crippen molar-refractivity contribution in [2.45, 2.75) is 39.7 Å². The molecule has 1 amide bonds. The average molecular weight is 383 g/mol. The molecule has 0 aliphatic heterocycles. The summed E-state index contributed by atoms with van der Waals surface area (Å²) in [5.74, 6) is -3.15. The number of carbonyl (C=O) groups excluding carboxylic acids is 2. The summed E-state index contributed by atoms with van der Waals surface area (Å²) in [4.78, 5) is 33.0. The van der Waals surface area contributed by atoms with Gasteiger partial charge in [-0.2, -0.15) is 8.42 Å². The van der Waals surface area contributed by atoms with Crippen LogP contribution in [-0.2, 0) is 33.4 Å². The molecule has 0 aromatic heterocycles. The van der Waals surface area contributed by atoms with Crippen molar-refractivity contribution >= 4 is 28.0 Å². The molecule has 0 saturated carbocycles. The smallest absolute Gasteiger partial charge is 0.339 e. The lowest BCUT2D eigenvalue weighted by atomic mass is 9.76. The number of carboxylic acids is 1. The van der Waals surface area contributed by atoms with Crippen LogP contribution in [0.1, 0.15) is 34.1 Å². The summed E-state index contributed by atoms with van der Waals surface area (Å²) < 4.78 is 33.0. The van der Waals surface area contributed by atoms with Gasteiger partial charge in [0.1, 0.15) is 6.61 Å². The Balaban J connectivity index is 4.87. The minimum absolute atomic E-state index is 0.110. The number of hydrogen-bond acceptors (Lipinski definition) is 8. The number of nitrogens with one attached hydrogen (secondary N) is 1. The number of aliphatic hydroxyl groups is 1. The maximum absolute atomic E-state index is 11.8. The summed E-state index contributed by atoms with van der Waals surface area (Å²) in [5, 5.41) is 22.0. The first-order chi connectivity index (χ1) is 11.2. The quantitative estimate of drug-likeness (QED) is 0.237. The summed E-state index contributed by atoms with van der Waals surface area (Å²) in [5.41, 5.74) is -4.12. The molecule has 25 heavy (non-hydrogen) atoms. The number of carbonyl (C=O) groups is 3. The molecule has 0 aliphatic carbocycles. The van der Waals surface area contributed by atoms with Crippen LogP contribution in [0.2, 0.25) is 0 Å². The van der Waals surface area contributed by atoms with E-state index in [4.69, 9.17) is 4.18 Å². The summed E-state index contributed by atoms with van der Waals surface area (Å²) in [7, 11) is -3.99. The Morgan fingerprint density at radius 1 is 1.12 bits per heavy atom. The molecule has 3 N–H and O–H groups in total. The van der Waals surface area contributed by atoms with Crippen LogP contribution in [0.3, 0.4) is 0 Å². The normalized spacial score (nSPS) is 14.4. The van der Waals surface area contributed by atoms with Crippen LogP contribution in [0, 0.1) is 5.41 Å². The van der Waals surface area contributed by atoms with Crippen LogP contribution in [0.25, 0.3) is 0 Å². The number of esters is 1. The second-order valence-corrected chi connectivity index (χ2v) is 7.95. The van der Waals surface area contributed by atoms with Gasteiger partial charge in [0, 0.05) is 25.8 Å². The molecule has 0 aromatic carbocycles. The van der Waals surface area contributed by atoms with Gasteiger partial charge in [-0.05, 0) is 6.42 Å². The number of amides is 1. The Bertz CT molecular complexity index is 599. The third-order valence-electron chi connectivity index (χ3n) is 3.50. The van der Waals surface area contributed by atoms with Gasteiger partial charge in [0.05, 0.1) is 12.4 Å². The van der Waals surface area contributed by atoms with Crippen molar-refractivity contribution in [1.29, 1.82) is 0 Å². The molecule has 1 atom stereocenters. The Morgan fingerprint density at radius 2 is 1.68 bits per heavy atom. The predicted molar refractivity (Wildman–Crippen MR) is 86.0 cm³/mol. The van der Waals surface area contributed by atoms with E-state index in [1.54, 1.807) is 0 Å². The summed E-state index contributed by atoms with van der Waals surface area (Å²) in [6.45, 7) is 3.55. The second-order valence-electron chi connectivity index (χ2n) is 6.19. The van der Waals surface area contributed by atoms with E-state index in [1.165, 1.54) is 20.8 Å². The summed E-state index contributed by atoms with van der Waals surface area (Å²) in [6, 6.07) is 0. The van der Waals surface area contributed by atoms with E-state index < -0.39 is 52.0 Å². The lowest BCUT2D eigenvalue weighted by Crippen LogP contribution is -2.57. The Hall–Kier alpha value is -1.72.